The maximum atomic E-state index is 9.85. The third kappa shape index (κ3) is 5.36. The van der Waals surface area contributed by atoms with E-state index in [1.54, 1.807) is 0 Å². The molecule has 0 saturated heterocycles. The first-order valence-electron chi connectivity index (χ1n) is 1.64. The van der Waals surface area contributed by atoms with Crippen LogP contribution < -0.4 is 5.48 Å². The summed E-state index contributed by atoms with van der Waals surface area (Å²) in [5, 5.41) is 0. The molecular weight excluding hydrogens is 114 g/mol. The van der Waals surface area contributed by atoms with Crippen molar-refractivity contribution >= 4 is 23.7 Å². The molecule has 0 aromatic heterocycles. The summed E-state index contributed by atoms with van der Waals surface area (Å²) in [7, 11) is 0. The van der Waals surface area contributed by atoms with E-state index in [-0.39, 0.29) is 0 Å². The molecule has 0 aromatic rings. The first kappa shape index (κ1) is 6.36. The molecule has 0 radical (unpaired) electrons. The van der Waals surface area contributed by atoms with Crippen LogP contribution >= 0.6 is 12.2 Å². The maximum absolute atomic E-state index is 9.85. The lowest BCUT2D eigenvalue weighted by Crippen LogP contribution is -2.13. The van der Waals surface area contributed by atoms with Crippen LogP contribution in [0.2, 0.25) is 0 Å². The molecule has 0 bridgehead atoms. The van der Waals surface area contributed by atoms with E-state index in [0.717, 1.165) is 5.49 Å². The number of carbonyl (C=O) groups excluding carboxylic acids is 1. The molecular formula is C3H5NO2S. The summed E-state index contributed by atoms with van der Waals surface area (Å²) in [4.78, 5) is 14.0. The zero-order chi connectivity index (χ0) is 5.70. The summed E-state index contributed by atoms with van der Waals surface area (Å²) in [5.74, 6) is -0.402. The molecule has 0 saturated carbocycles. The fourth-order valence-electron chi connectivity index (χ4n) is 0.107. The average molecular weight is 119 g/mol. The summed E-state index contributed by atoms with van der Waals surface area (Å²) in [6.45, 7) is 1.28. The highest BCUT2D eigenvalue weighted by atomic mass is 32.1. The first-order valence-corrected chi connectivity index (χ1v) is 2.11. The van der Waals surface area contributed by atoms with Gasteiger partial charge < -0.3 is 4.84 Å². The standard InChI is InChI=1S/C3H5NO2S/c1-3(5)6-4-2-7/h2H,1H3,(H,4,7). The van der Waals surface area contributed by atoms with E-state index in [4.69, 9.17) is 0 Å². The number of nitrogens with one attached hydrogen (secondary N) is 1. The van der Waals surface area contributed by atoms with Crippen molar-refractivity contribution in [3.05, 3.63) is 0 Å². The number of thiocarbonyl (C=S) groups is 1. The SMILES string of the molecule is CC(=O)ONC=S. The molecule has 0 atom stereocenters. The molecule has 0 fully saturated rings. The van der Waals surface area contributed by atoms with Crippen LogP contribution in [0.5, 0.6) is 0 Å². The van der Waals surface area contributed by atoms with Gasteiger partial charge in [-0.2, -0.15) is 0 Å². The van der Waals surface area contributed by atoms with E-state index in [2.05, 4.69) is 22.5 Å². The molecule has 0 aliphatic rings. The zero-order valence-electron chi connectivity index (χ0n) is 3.80. The van der Waals surface area contributed by atoms with E-state index >= 15 is 0 Å². The Morgan fingerprint density at radius 1 is 2.00 bits per heavy atom. The second-order valence-electron chi connectivity index (χ2n) is 0.829. The minimum absolute atomic E-state index is 0.402. The molecule has 0 rings (SSSR count). The fraction of sp³-hybridized carbons (Fsp3) is 0.333. The Morgan fingerprint density at radius 2 is 2.57 bits per heavy atom. The molecule has 1 N–H and O–H groups in total. The van der Waals surface area contributed by atoms with Crippen LogP contribution in [0.3, 0.4) is 0 Å². The van der Waals surface area contributed by atoms with Crippen LogP contribution in [0.4, 0.5) is 0 Å². The van der Waals surface area contributed by atoms with Crippen LogP contribution in [0.1, 0.15) is 6.92 Å². The summed E-state index contributed by atoms with van der Waals surface area (Å²) >= 11 is 4.26. The Hall–Kier alpha value is -0.640. The van der Waals surface area contributed by atoms with Gasteiger partial charge in [-0.1, -0.05) is 12.2 Å². The van der Waals surface area contributed by atoms with Crippen molar-refractivity contribution in [2.75, 3.05) is 0 Å². The molecule has 0 unspecified atom stereocenters. The lowest BCUT2D eigenvalue weighted by molar-refractivity contribution is -0.144. The van der Waals surface area contributed by atoms with Crippen molar-refractivity contribution in [1.29, 1.82) is 0 Å². The van der Waals surface area contributed by atoms with Gasteiger partial charge in [0.05, 0.1) is 5.49 Å². The van der Waals surface area contributed by atoms with Gasteiger partial charge in [-0.05, 0) is 0 Å². The molecule has 0 aromatic carbocycles. The van der Waals surface area contributed by atoms with Gasteiger partial charge in [0.1, 0.15) is 0 Å². The van der Waals surface area contributed by atoms with Gasteiger partial charge in [0, 0.05) is 6.92 Å². The third-order valence-electron chi connectivity index (χ3n) is 0.251. The van der Waals surface area contributed by atoms with Crippen molar-refractivity contribution in [3.8, 4) is 0 Å². The molecule has 7 heavy (non-hydrogen) atoms. The quantitative estimate of drug-likeness (QED) is 0.410. The zero-order valence-corrected chi connectivity index (χ0v) is 4.62. The molecule has 0 heterocycles. The van der Waals surface area contributed by atoms with Crippen molar-refractivity contribution in [3.63, 3.8) is 0 Å². The van der Waals surface area contributed by atoms with Gasteiger partial charge in [0.15, 0.2) is 0 Å². The highest BCUT2D eigenvalue weighted by Gasteiger charge is 1.83. The predicted octanol–water partition coefficient (Wildman–Crippen LogP) is 0.0113. The smallest absolute Gasteiger partial charge is 0.329 e. The van der Waals surface area contributed by atoms with Crippen molar-refractivity contribution < 1.29 is 9.63 Å². The number of hydrogen-bond acceptors (Lipinski definition) is 3. The Kier molecular flexibility index (Phi) is 3.22. The third-order valence-corrected chi connectivity index (χ3v) is 0.347. The van der Waals surface area contributed by atoms with Crippen molar-refractivity contribution in [2.24, 2.45) is 0 Å². The van der Waals surface area contributed by atoms with Crippen molar-refractivity contribution in [2.45, 2.75) is 6.92 Å². The largest absolute Gasteiger partial charge is 0.344 e. The number of rotatable bonds is 2. The molecule has 0 spiro atoms. The summed E-state index contributed by atoms with van der Waals surface area (Å²) in [6, 6.07) is 0. The predicted molar refractivity (Wildman–Crippen MR) is 28.6 cm³/mol. The summed E-state index contributed by atoms with van der Waals surface area (Å²) in [6.07, 6.45) is 0. The van der Waals surface area contributed by atoms with E-state index in [9.17, 15) is 4.79 Å². The van der Waals surface area contributed by atoms with Gasteiger partial charge in [-0.25, -0.2) is 5.48 Å². The van der Waals surface area contributed by atoms with Crippen LogP contribution in [-0.2, 0) is 9.63 Å². The molecule has 40 valence electrons. The average Bonchev–Trinajstić information content (AvgIpc) is 1.61. The lowest BCUT2D eigenvalue weighted by Gasteiger charge is -1.92. The van der Waals surface area contributed by atoms with Crippen LogP contribution in [0, 0.1) is 0 Å². The Balaban J connectivity index is 2.97. The number of hydrogen-bond donors (Lipinski definition) is 1. The van der Waals surface area contributed by atoms with Crippen LogP contribution in [0.25, 0.3) is 0 Å². The van der Waals surface area contributed by atoms with Gasteiger partial charge in [-0.3, -0.25) is 4.79 Å². The van der Waals surface area contributed by atoms with Gasteiger partial charge >= 0.3 is 5.97 Å². The minimum atomic E-state index is -0.402. The van der Waals surface area contributed by atoms with E-state index in [1.807, 2.05) is 0 Å². The van der Waals surface area contributed by atoms with E-state index in [0.29, 0.717) is 0 Å². The highest BCUT2D eigenvalue weighted by molar-refractivity contribution is 7.78. The Labute approximate surface area is 46.6 Å². The van der Waals surface area contributed by atoms with Crippen LogP contribution in [-0.4, -0.2) is 11.5 Å². The lowest BCUT2D eigenvalue weighted by atomic mass is 10.8. The second kappa shape index (κ2) is 3.55. The summed E-state index contributed by atoms with van der Waals surface area (Å²) in [5.41, 5.74) is 3.20. The topological polar surface area (TPSA) is 38.3 Å². The highest BCUT2D eigenvalue weighted by Crippen LogP contribution is 1.62. The van der Waals surface area contributed by atoms with E-state index in [1.165, 1.54) is 6.92 Å². The van der Waals surface area contributed by atoms with Crippen LogP contribution in [0.15, 0.2) is 0 Å². The molecule has 3 nitrogen and oxygen atoms in total. The second-order valence-corrected chi connectivity index (χ2v) is 1.07. The molecule has 0 amide bonds. The molecule has 4 heteroatoms. The minimum Gasteiger partial charge on any atom is -0.344 e. The van der Waals surface area contributed by atoms with Gasteiger partial charge in [-0.15, -0.1) is 0 Å². The Morgan fingerprint density at radius 3 is 2.71 bits per heavy atom. The fourth-order valence-corrected chi connectivity index (χ4v) is 0.155. The molecule has 0 aliphatic carbocycles. The number of hydroxylamine groups is 1. The van der Waals surface area contributed by atoms with Gasteiger partial charge in [0.2, 0.25) is 0 Å². The van der Waals surface area contributed by atoms with E-state index < -0.39 is 5.97 Å². The number of carbonyl (C=O) groups is 1. The van der Waals surface area contributed by atoms with Gasteiger partial charge in [0.25, 0.3) is 0 Å². The molecule has 0 aliphatic heterocycles. The Bertz CT molecular complexity index is 83.0. The monoisotopic (exact) mass is 119 g/mol. The summed E-state index contributed by atoms with van der Waals surface area (Å²) < 4.78 is 0. The first-order chi connectivity index (χ1) is 3.27. The normalized spacial score (nSPS) is 7.00. The van der Waals surface area contributed by atoms with Crippen molar-refractivity contribution in [1.82, 2.24) is 5.48 Å². The maximum Gasteiger partial charge on any atom is 0.329 e.